The van der Waals surface area contributed by atoms with Crippen molar-refractivity contribution in [2.75, 3.05) is 0 Å². The fourth-order valence-corrected chi connectivity index (χ4v) is 2.37. The lowest BCUT2D eigenvalue weighted by Gasteiger charge is -2.07. The van der Waals surface area contributed by atoms with Crippen molar-refractivity contribution in [2.24, 2.45) is 5.10 Å². The predicted octanol–water partition coefficient (Wildman–Crippen LogP) is 4.44. The van der Waals surface area contributed by atoms with Crippen molar-refractivity contribution in [1.29, 1.82) is 0 Å². The molecule has 0 atom stereocenters. The van der Waals surface area contributed by atoms with Gasteiger partial charge in [-0.25, -0.2) is 5.43 Å². The van der Waals surface area contributed by atoms with Gasteiger partial charge in [0.15, 0.2) is 0 Å². The molecule has 1 heterocycles. The van der Waals surface area contributed by atoms with Gasteiger partial charge in [0.05, 0.1) is 22.6 Å². The third-order valence-electron chi connectivity index (χ3n) is 2.97. The Morgan fingerprint density at radius 3 is 2.62 bits per heavy atom. The summed E-state index contributed by atoms with van der Waals surface area (Å²) in [6.07, 6.45) is 2.08. The van der Waals surface area contributed by atoms with E-state index in [0.29, 0.717) is 33.5 Å². The number of carbonyl (C=O) groups excluding carboxylic acids is 1. The van der Waals surface area contributed by atoms with Crippen LogP contribution < -0.4 is 5.43 Å². The molecular weight excluding hydrogens is 311 g/mol. The number of rotatable bonds is 4. The van der Waals surface area contributed by atoms with Crippen molar-refractivity contribution in [3.8, 4) is 0 Å². The standard InChI is InChI=1S/C15H14Cl2N2O2/c1-3-14(12-5-4-10(16)8-13(12)17)18-19-15(20)11-6-7-21-9(11)2/h4-8H,3H2,1-2H3,(H,19,20). The predicted molar refractivity (Wildman–Crippen MR) is 84.2 cm³/mol. The number of hydrogen-bond acceptors (Lipinski definition) is 3. The van der Waals surface area contributed by atoms with Gasteiger partial charge in [-0.3, -0.25) is 4.79 Å². The number of amides is 1. The van der Waals surface area contributed by atoms with Gasteiger partial charge in [0.2, 0.25) is 0 Å². The quantitative estimate of drug-likeness (QED) is 0.667. The Labute approximate surface area is 132 Å². The third-order valence-corrected chi connectivity index (χ3v) is 3.52. The van der Waals surface area contributed by atoms with E-state index in [0.717, 1.165) is 5.56 Å². The van der Waals surface area contributed by atoms with E-state index in [9.17, 15) is 4.79 Å². The van der Waals surface area contributed by atoms with Crippen molar-refractivity contribution < 1.29 is 9.21 Å². The summed E-state index contributed by atoms with van der Waals surface area (Å²) in [5, 5.41) is 5.20. The van der Waals surface area contributed by atoms with E-state index in [1.165, 1.54) is 6.26 Å². The molecule has 0 spiro atoms. The first-order valence-corrected chi connectivity index (χ1v) is 7.15. The molecule has 0 saturated heterocycles. The molecule has 0 aliphatic carbocycles. The van der Waals surface area contributed by atoms with E-state index in [2.05, 4.69) is 10.5 Å². The van der Waals surface area contributed by atoms with E-state index in [1.807, 2.05) is 6.92 Å². The van der Waals surface area contributed by atoms with E-state index >= 15 is 0 Å². The molecule has 2 aromatic rings. The second-order valence-electron chi connectivity index (χ2n) is 4.37. The maximum atomic E-state index is 12.0. The fraction of sp³-hybridized carbons (Fsp3) is 0.200. The lowest BCUT2D eigenvalue weighted by Crippen LogP contribution is -2.20. The number of halogens is 2. The minimum atomic E-state index is -0.322. The first kappa shape index (κ1) is 15.6. The molecule has 21 heavy (non-hydrogen) atoms. The summed E-state index contributed by atoms with van der Waals surface area (Å²) >= 11 is 12.0. The molecule has 0 radical (unpaired) electrons. The fourth-order valence-electron chi connectivity index (χ4n) is 1.85. The van der Waals surface area contributed by atoms with Crippen LogP contribution in [0, 0.1) is 6.92 Å². The smallest absolute Gasteiger partial charge is 0.274 e. The first-order valence-electron chi connectivity index (χ1n) is 6.39. The topological polar surface area (TPSA) is 54.6 Å². The molecule has 2 rings (SSSR count). The van der Waals surface area contributed by atoms with Crippen LogP contribution >= 0.6 is 23.2 Å². The van der Waals surface area contributed by atoms with Gasteiger partial charge in [-0.2, -0.15) is 5.10 Å². The molecule has 4 nitrogen and oxygen atoms in total. The Morgan fingerprint density at radius 1 is 1.29 bits per heavy atom. The molecular formula is C15H14Cl2N2O2. The zero-order valence-corrected chi connectivity index (χ0v) is 13.1. The Morgan fingerprint density at radius 2 is 2.05 bits per heavy atom. The molecule has 1 aromatic carbocycles. The van der Waals surface area contributed by atoms with Gasteiger partial charge >= 0.3 is 0 Å². The Kier molecular flexibility index (Phi) is 5.04. The van der Waals surface area contributed by atoms with E-state index in [-0.39, 0.29) is 5.91 Å². The Hall–Kier alpha value is -1.78. The molecule has 1 amide bonds. The highest BCUT2D eigenvalue weighted by Gasteiger charge is 2.12. The van der Waals surface area contributed by atoms with Crippen LogP contribution in [0.3, 0.4) is 0 Å². The van der Waals surface area contributed by atoms with Crippen molar-refractivity contribution in [3.63, 3.8) is 0 Å². The van der Waals surface area contributed by atoms with Gasteiger partial charge in [-0.05, 0) is 31.5 Å². The maximum Gasteiger partial charge on any atom is 0.274 e. The number of nitrogens with one attached hydrogen (secondary N) is 1. The van der Waals surface area contributed by atoms with Crippen molar-refractivity contribution >= 4 is 34.8 Å². The molecule has 1 N–H and O–H groups in total. The van der Waals surface area contributed by atoms with Crippen LogP contribution in [0.4, 0.5) is 0 Å². The van der Waals surface area contributed by atoms with Crippen molar-refractivity contribution in [2.45, 2.75) is 20.3 Å². The van der Waals surface area contributed by atoms with Crippen LogP contribution in [0.25, 0.3) is 0 Å². The highest BCUT2D eigenvalue weighted by atomic mass is 35.5. The summed E-state index contributed by atoms with van der Waals surface area (Å²) in [5.74, 6) is 0.225. The molecule has 0 unspecified atom stereocenters. The van der Waals surface area contributed by atoms with Gasteiger partial charge in [0.25, 0.3) is 5.91 Å². The molecule has 0 aliphatic rings. The molecule has 0 bridgehead atoms. The average molecular weight is 325 g/mol. The minimum absolute atomic E-state index is 0.322. The number of hydrazone groups is 1. The molecule has 6 heteroatoms. The Balaban J connectivity index is 2.21. The second-order valence-corrected chi connectivity index (χ2v) is 5.21. The van der Waals surface area contributed by atoms with Crippen LogP contribution in [-0.4, -0.2) is 11.6 Å². The number of furan rings is 1. The Bertz CT molecular complexity index is 693. The molecule has 0 aliphatic heterocycles. The lowest BCUT2D eigenvalue weighted by atomic mass is 10.1. The number of benzene rings is 1. The summed E-state index contributed by atoms with van der Waals surface area (Å²) < 4.78 is 5.09. The van der Waals surface area contributed by atoms with Gasteiger partial charge < -0.3 is 4.42 Å². The first-order chi connectivity index (χ1) is 10.0. The summed E-state index contributed by atoms with van der Waals surface area (Å²) in [6, 6.07) is 6.75. The summed E-state index contributed by atoms with van der Waals surface area (Å²) in [5.41, 5.74) is 4.39. The van der Waals surface area contributed by atoms with Crippen LogP contribution in [-0.2, 0) is 0 Å². The number of aryl methyl sites for hydroxylation is 1. The zero-order chi connectivity index (χ0) is 15.4. The third kappa shape index (κ3) is 3.65. The molecule has 110 valence electrons. The van der Waals surface area contributed by atoms with E-state index in [4.69, 9.17) is 27.6 Å². The normalized spacial score (nSPS) is 11.5. The number of carbonyl (C=O) groups is 1. The summed E-state index contributed by atoms with van der Waals surface area (Å²) in [6.45, 7) is 3.65. The van der Waals surface area contributed by atoms with Crippen LogP contribution in [0.15, 0.2) is 40.0 Å². The summed E-state index contributed by atoms with van der Waals surface area (Å²) in [4.78, 5) is 12.0. The second kappa shape index (κ2) is 6.78. The zero-order valence-electron chi connectivity index (χ0n) is 11.6. The summed E-state index contributed by atoms with van der Waals surface area (Å²) in [7, 11) is 0. The van der Waals surface area contributed by atoms with E-state index < -0.39 is 0 Å². The van der Waals surface area contributed by atoms with E-state index in [1.54, 1.807) is 31.2 Å². The van der Waals surface area contributed by atoms with Gasteiger partial charge in [0.1, 0.15) is 5.76 Å². The average Bonchev–Trinajstić information content (AvgIpc) is 2.87. The van der Waals surface area contributed by atoms with Crippen molar-refractivity contribution in [1.82, 2.24) is 5.43 Å². The van der Waals surface area contributed by atoms with Gasteiger partial charge in [-0.15, -0.1) is 0 Å². The van der Waals surface area contributed by atoms with Crippen molar-refractivity contribution in [3.05, 3.63) is 57.5 Å². The lowest BCUT2D eigenvalue weighted by molar-refractivity contribution is 0.0953. The number of nitrogens with zero attached hydrogens (tertiary/aromatic N) is 1. The van der Waals surface area contributed by atoms with Crippen LogP contribution in [0.1, 0.15) is 35.0 Å². The molecule has 0 fully saturated rings. The van der Waals surface area contributed by atoms with Crippen LogP contribution in [0.2, 0.25) is 10.0 Å². The van der Waals surface area contributed by atoms with Crippen LogP contribution in [0.5, 0.6) is 0 Å². The largest absolute Gasteiger partial charge is 0.469 e. The monoisotopic (exact) mass is 324 g/mol. The molecule has 1 aromatic heterocycles. The molecule has 0 saturated carbocycles. The van der Waals surface area contributed by atoms with Gasteiger partial charge in [-0.1, -0.05) is 36.2 Å². The maximum absolute atomic E-state index is 12.0. The highest BCUT2D eigenvalue weighted by Crippen LogP contribution is 2.22. The SMILES string of the molecule is CCC(=NNC(=O)c1ccoc1C)c1ccc(Cl)cc1Cl. The minimum Gasteiger partial charge on any atom is -0.469 e. The van der Waals surface area contributed by atoms with Gasteiger partial charge in [0, 0.05) is 10.6 Å². The number of hydrogen-bond donors (Lipinski definition) is 1. The highest BCUT2D eigenvalue weighted by molar-refractivity contribution is 6.37.